The number of imidazole rings is 1. The molecule has 0 bridgehead atoms. The second-order valence-corrected chi connectivity index (χ2v) is 6.84. The number of para-hydroxylation sites is 3. The molecule has 5 nitrogen and oxygen atoms in total. The van der Waals surface area contributed by atoms with Crippen LogP contribution in [-0.4, -0.2) is 22.1 Å². The molecule has 1 N–H and O–H groups in total. The van der Waals surface area contributed by atoms with Crippen molar-refractivity contribution in [3.05, 3.63) is 72.6 Å². The van der Waals surface area contributed by atoms with Gasteiger partial charge < -0.3 is 14.6 Å². The first-order valence-corrected chi connectivity index (χ1v) is 9.64. The second kappa shape index (κ2) is 9.22. The molecule has 0 spiro atoms. The van der Waals surface area contributed by atoms with Crippen LogP contribution >= 0.6 is 0 Å². The highest BCUT2D eigenvalue weighted by molar-refractivity contribution is 5.77. The summed E-state index contributed by atoms with van der Waals surface area (Å²) in [6.45, 7) is 8.67. The summed E-state index contributed by atoms with van der Waals surface area (Å²) in [5.74, 6) is 1.71. The summed E-state index contributed by atoms with van der Waals surface area (Å²) in [4.78, 5) is 16.2. The van der Waals surface area contributed by atoms with Crippen LogP contribution in [0.2, 0.25) is 0 Å². The number of aromatic nitrogens is 2. The Labute approximate surface area is 166 Å². The number of fused-ring (bicyclic) bond motifs is 1. The molecule has 2 aromatic carbocycles. The molecule has 0 aliphatic rings. The van der Waals surface area contributed by atoms with Crippen LogP contribution in [0.1, 0.15) is 37.7 Å². The molecule has 146 valence electrons. The van der Waals surface area contributed by atoms with Crippen molar-refractivity contribution in [2.75, 3.05) is 6.61 Å². The quantitative estimate of drug-likeness (QED) is 0.443. The SMILES string of the molecule is C=CCc1ccccc1OCCCn1c(C(C)NC(C)=O)nc2ccccc21. The predicted molar refractivity (Wildman–Crippen MR) is 112 cm³/mol. The van der Waals surface area contributed by atoms with Crippen LogP contribution in [0.15, 0.2) is 61.2 Å². The number of hydrogen-bond acceptors (Lipinski definition) is 3. The minimum Gasteiger partial charge on any atom is -0.493 e. The van der Waals surface area contributed by atoms with Crippen molar-refractivity contribution < 1.29 is 9.53 Å². The fraction of sp³-hybridized carbons (Fsp3) is 0.304. The van der Waals surface area contributed by atoms with Gasteiger partial charge in [-0.3, -0.25) is 4.79 Å². The Balaban J connectivity index is 1.71. The van der Waals surface area contributed by atoms with Gasteiger partial charge in [-0.1, -0.05) is 36.4 Å². The Morgan fingerprint density at radius 3 is 2.79 bits per heavy atom. The van der Waals surface area contributed by atoms with Gasteiger partial charge in [0, 0.05) is 13.5 Å². The molecule has 5 heteroatoms. The molecule has 0 aliphatic heterocycles. The summed E-state index contributed by atoms with van der Waals surface area (Å²) in [6, 6.07) is 16.0. The first-order chi connectivity index (χ1) is 13.6. The number of benzene rings is 2. The van der Waals surface area contributed by atoms with Crippen molar-refractivity contribution >= 4 is 16.9 Å². The lowest BCUT2D eigenvalue weighted by atomic mass is 10.1. The molecule has 28 heavy (non-hydrogen) atoms. The Kier molecular flexibility index (Phi) is 6.48. The molecule has 3 rings (SSSR count). The number of carbonyl (C=O) groups is 1. The van der Waals surface area contributed by atoms with E-state index in [2.05, 4.69) is 28.6 Å². The summed E-state index contributed by atoms with van der Waals surface area (Å²) in [5.41, 5.74) is 3.15. The molecular weight excluding hydrogens is 350 g/mol. The molecule has 0 radical (unpaired) electrons. The van der Waals surface area contributed by atoms with Crippen LogP contribution in [0.25, 0.3) is 11.0 Å². The van der Waals surface area contributed by atoms with Crippen molar-refractivity contribution in [2.45, 2.75) is 39.3 Å². The Bertz CT molecular complexity index is 961. The molecule has 0 saturated heterocycles. The van der Waals surface area contributed by atoms with E-state index in [4.69, 9.17) is 9.72 Å². The van der Waals surface area contributed by atoms with Gasteiger partial charge in [-0.25, -0.2) is 4.98 Å². The maximum atomic E-state index is 11.5. The van der Waals surface area contributed by atoms with Gasteiger partial charge in [0.25, 0.3) is 0 Å². The van der Waals surface area contributed by atoms with Crippen LogP contribution in [0, 0.1) is 0 Å². The fourth-order valence-electron chi connectivity index (χ4n) is 3.40. The van der Waals surface area contributed by atoms with Crippen molar-refractivity contribution in [2.24, 2.45) is 0 Å². The fourth-order valence-corrected chi connectivity index (χ4v) is 3.40. The molecule has 0 saturated carbocycles. The van der Waals surface area contributed by atoms with Gasteiger partial charge in [0.1, 0.15) is 11.6 Å². The Morgan fingerprint density at radius 2 is 2.00 bits per heavy atom. The minimum atomic E-state index is -0.154. The molecule has 0 aliphatic carbocycles. The van der Waals surface area contributed by atoms with Crippen molar-refractivity contribution in [1.82, 2.24) is 14.9 Å². The van der Waals surface area contributed by atoms with E-state index in [1.807, 2.05) is 49.4 Å². The number of nitrogens with zero attached hydrogens (tertiary/aromatic N) is 2. The summed E-state index contributed by atoms with van der Waals surface area (Å²) < 4.78 is 8.19. The predicted octanol–water partition coefficient (Wildman–Crippen LogP) is 4.43. The van der Waals surface area contributed by atoms with Crippen LogP contribution < -0.4 is 10.1 Å². The van der Waals surface area contributed by atoms with E-state index in [1.165, 1.54) is 6.92 Å². The van der Waals surface area contributed by atoms with E-state index in [1.54, 1.807) is 0 Å². The van der Waals surface area contributed by atoms with E-state index in [9.17, 15) is 4.79 Å². The number of allylic oxidation sites excluding steroid dienone is 1. The van der Waals surface area contributed by atoms with Crippen molar-refractivity contribution in [3.63, 3.8) is 0 Å². The number of hydrogen-bond donors (Lipinski definition) is 1. The molecule has 1 atom stereocenters. The Morgan fingerprint density at radius 1 is 1.25 bits per heavy atom. The minimum absolute atomic E-state index is 0.0618. The zero-order chi connectivity index (χ0) is 19.9. The number of rotatable bonds is 9. The van der Waals surface area contributed by atoms with Gasteiger partial charge >= 0.3 is 0 Å². The average Bonchev–Trinajstić information content (AvgIpc) is 3.05. The number of ether oxygens (including phenoxy) is 1. The van der Waals surface area contributed by atoms with E-state index in [0.29, 0.717) is 6.61 Å². The normalized spacial score (nSPS) is 11.9. The smallest absolute Gasteiger partial charge is 0.217 e. The highest BCUT2D eigenvalue weighted by Gasteiger charge is 2.17. The van der Waals surface area contributed by atoms with E-state index < -0.39 is 0 Å². The van der Waals surface area contributed by atoms with Crippen LogP contribution in [0.5, 0.6) is 5.75 Å². The zero-order valence-corrected chi connectivity index (χ0v) is 16.5. The number of amides is 1. The first kappa shape index (κ1) is 19.7. The Hall–Kier alpha value is -3.08. The maximum Gasteiger partial charge on any atom is 0.217 e. The lowest BCUT2D eigenvalue weighted by Gasteiger charge is -2.16. The van der Waals surface area contributed by atoms with Gasteiger partial charge in [0.2, 0.25) is 5.91 Å². The van der Waals surface area contributed by atoms with Gasteiger partial charge in [0.15, 0.2) is 0 Å². The largest absolute Gasteiger partial charge is 0.493 e. The van der Waals surface area contributed by atoms with E-state index in [-0.39, 0.29) is 11.9 Å². The third-order valence-corrected chi connectivity index (χ3v) is 4.61. The summed E-state index contributed by atoms with van der Waals surface area (Å²) >= 11 is 0. The van der Waals surface area contributed by atoms with E-state index in [0.717, 1.165) is 47.6 Å². The number of carbonyl (C=O) groups excluding carboxylic acids is 1. The van der Waals surface area contributed by atoms with Gasteiger partial charge in [-0.2, -0.15) is 0 Å². The molecule has 1 unspecified atom stereocenters. The molecule has 1 aromatic heterocycles. The van der Waals surface area contributed by atoms with Gasteiger partial charge in [-0.15, -0.1) is 6.58 Å². The van der Waals surface area contributed by atoms with Crippen molar-refractivity contribution in [1.29, 1.82) is 0 Å². The first-order valence-electron chi connectivity index (χ1n) is 9.64. The van der Waals surface area contributed by atoms with Crippen molar-refractivity contribution in [3.8, 4) is 5.75 Å². The summed E-state index contributed by atoms with van der Waals surface area (Å²) in [7, 11) is 0. The number of nitrogens with one attached hydrogen (secondary N) is 1. The third-order valence-electron chi connectivity index (χ3n) is 4.61. The number of aryl methyl sites for hydroxylation is 1. The molecule has 0 fully saturated rings. The van der Waals surface area contributed by atoms with Gasteiger partial charge in [-0.05, 0) is 43.5 Å². The topological polar surface area (TPSA) is 56.1 Å². The summed E-state index contributed by atoms with van der Waals surface area (Å²) in [6.07, 6.45) is 3.51. The highest BCUT2D eigenvalue weighted by Crippen LogP contribution is 2.22. The summed E-state index contributed by atoms with van der Waals surface area (Å²) in [5, 5.41) is 2.94. The monoisotopic (exact) mass is 377 g/mol. The average molecular weight is 377 g/mol. The second-order valence-electron chi connectivity index (χ2n) is 6.84. The van der Waals surface area contributed by atoms with Gasteiger partial charge in [0.05, 0.1) is 23.7 Å². The van der Waals surface area contributed by atoms with E-state index >= 15 is 0 Å². The molecule has 1 amide bonds. The maximum absolute atomic E-state index is 11.5. The lowest BCUT2D eigenvalue weighted by molar-refractivity contribution is -0.119. The molecule has 1 heterocycles. The standard InChI is InChI=1S/C23H27N3O2/c1-4-10-19-11-5-8-14-22(19)28-16-9-15-26-21-13-7-6-12-20(21)25-23(26)17(2)24-18(3)27/h4-8,11-14,17H,1,9-10,15-16H2,2-3H3,(H,24,27). The zero-order valence-electron chi connectivity index (χ0n) is 16.5. The lowest BCUT2D eigenvalue weighted by Crippen LogP contribution is -2.26. The molecular formula is C23H27N3O2. The van der Waals surface area contributed by atoms with Crippen LogP contribution in [-0.2, 0) is 17.8 Å². The highest BCUT2D eigenvalue weighted by atomic mass is 16.5. The third kappa shape index (κ3) is 4.60. The van der Waals surface area contributed by atoms with Crippen LogP contribution in [0.3, 0.4) is 0 Å². The molecule has 3 aromatic rings. The van der Waals surface area contributed by atoms with Crippen LogP contribution in [0.4, 0.5) is 0 Å².